The number of aromatic amines is 4. The number of aryl methyl sites for hydroxylation is 2. The van der Waals surface area contributed by atoms with Crippen LogP contribution in [-0.4, -0.2) is 106 Å². The minimum Gasteiger partial charge on any atom is -0.509 e. The number of nitrogens with zero attached hydrogens (tertiary/aromatic N) is 8. The zero-order chi connectivity index (χ0) is 58.2. The van der Waals surface area contributed by atoms with Gasteiger partial charge in [0.15, 0.2) is 4.77 Å². The van der Waals surface area contributed by atoms with Gasteiger partial charge in [0.1, 0.15) is 44.2 Å². The summed E-state index contributed by atoms with van der Waals surface area (Å²) in [6.07, 6.45) is 0. The Kier molecular flexibility index (Phi) is 40.7. The molecule has 10 aromatic rings. The summed E-state index contributed by atoms with van der Waals surface area (Å²) in [6.45, 7) is 9.75. The van der Waals surface area contributed by atoms with Crippen molar-refractivity contribution in [2.45, 2.75) is 51.3 Å². The maximum absolute atomic E-state index is 11.4. The van der Waals surface area contributed by atoms with Gasteiger partial charge in [-0.1, -0.05) is 107 Å². The molecule has 0 atom stereocenters. The van der Waals surface area contributed by atoms with Gasteiger partial charge in [0, 0.05) is 103 Å². The van der Waals surface area contributed by atoms with Crippen LogP contribution < -0.4 is 11.1 Å². The average molecular weight is 1490 g/mol. The summed E-state index contributed by atoms with van der Waals surface area (Å²) in [5, 5.41) is 48.8. The number of carbonyl (C=O) groups excluding carboxylic acids is 1. The molecule has 4 aromatic carbocycles. The Morgan fingerprint density at radius 3 is 1.50 bits per heavy atom. The number of aliphatic hydroxyl groups excluding tert-OH is 2. The molecule has 0 saturated heterocycles. The summed E-state index contributed by atoms with van der Waals surface area (Å²) in [5.74, 6) is 1.10. The molecule has 0 unspecified atom stereocenters. The second-order valence-corrected chi connectivity index (χ2v) is 19.7. The van der Waals surface area contributed by atoms with Gasteiger partial charge in [-0.25, -0.2) is 28.5 Å². The number of ether oxygens (including phenoxy) is 1. The van der Waals surface area contributed by atoms with Crippen molar-refractivity contribution in [3.8, 4) is 0 Å². The number of hydrogen-bond donors (Lipinski definition) is 7. The van der Waals surface area contributed by atoms with Gasteiger partial charge in [-0.2, -0.15) is 20.4 Å². The second-order valence-electron chi connectivity index (χ2n) is 14.1. The molecule has 33 heteroatoms. The van der Waals surface area contributed by atoms with Crippen LogP contribution in [0.3, 0.4) is 0 Å². The maximum Gasteiger partial charge on any atom is 1.00 e. The largest absolute Gasteiger partial charge is 1.00 e. The van der Waals surface area contributed by atoms with Crippen molar-refractivity contribution in [2.75, 3.05) is 20.3 Å². The van der Waals surface area contributed by atoms with Crippen LogP contribution in [-0.2, 0) is 87.0 Å². The zero-order valence-corrected chi connectivity index (χ0v) is 53.0. The van der Waals surface area contributed by atoms with E-state index in [0.717, 1.165) is 76.1 Å². The molecule has 0 amide bonds. The number of rotatable bonds is 8. The van der Waals surface area contributed by atoms with Crippen LogP contribution in [0.4, 0.5) is 0 Å². The topological polar surface area (TPSA) is 290 Å². The van der Waals surface area contributed by atoms with E-state index in [9.17, 15) is 9.59 Å². The monoisotopic (exact) mass is 1480 g/mol. The van der Waals surface area contributed by atoms with E-state index in [1.54, 1.807) is 23.2 Å². The third-order valence-electron chi connectivity index (χ3n) is 8.92. The molecule has 0 aliphatic carbocycles. The first kappa shape index (κ1) is 76.1. The smallest absolute Gasteiger partial charge is 0.509 e. The molecule has 80 heavy (non-hydrogen) atoms. The van der Waals surface area contributed by atoms with Crippen molar-refractivity contribution in [3.63, 3.8) is 0 Å². The number of thioether (sulfide) groups is 1. The summed E-state index contributed by atoms with van der Waals surface area (Å²) in [6, 6.07) is 33.8. The molecular weight excluding hydrogens is 1440 g/mol. The number of halogens is 7. The van der Waals surface area contributed by atoms with Crippen LogP contribution in [0.5, 0.6) is 0 Å². The van der Waals surface area contributed by atoms with E-state index >= 15 is 0 Å². The number of aliphatic hydroxyl groups is 2. The molecule has 6 heterocycles. The molecular formula is C47H50Ag2Cl7N12O9S3. The molecule has 0 bridgehead atoms. The minimum absolute atomic E-state index is 0. The van der Waals surface area contributed by atoms with E-state index in [1.165, 1.54) is 28.6 Å². The molecule has 0 saturated carbocycles. The molecule has 7 N–H and O–H groups in total. The Hall–Kier alpha value is -3.94. The number of nitrogens with one attached hydrogen (secondary N) is 4. The summed E-state index contributed by atoms with van der Waals surface area (Å²) in [7, 11) is 8.36. The molecule has 0 aliphatic heterocycles. The fraction of sp³-hybridized carbons (Fsp3) is 0.213. The van der Waals surface area contributed by atoms with E-state index in [-0.39, 0.29) is 68.6 Å². The number of hydrogen-bond acceptors (Lipinski definition) is 16. The number of para-hydroxylation sites is 1. The van der Waals surface area contributed by atoms with E-state index in [0.29, 0.717) is 42.1 Å². The van der Waals surface area contributed by atoms with Gasteiger partial charge in [0.25, 0.3) is 11.1 Å². The molecule has 441 valence electrons. The minimum atomic E-state index is -1.67. The number of benzene rings is 4. The second kappa shape index (κ2) is 42.8. The van der Waals surface area contributed by atoms with Crippen molar-refractivity contribution in [3.05, 3.63) is 167 Å². The van der Waals surface area contributed by atoms with Gasteiger partial charge in [0.2, 0.25) is 9.23 Å². The Morgan fingerprint density at radius 1 is 0.700 bits per heavy atom. The SMILES string of the molecule is CCOCC.CO.Cc1cc(=O)[nH]c(=S)[nH]1.Cc1nc(SCn2nc3ccccc3c2Cl)cc(=O)[nH]1.ClCn1nc2ccccc2c1Cl.Clc1[nH]nc2ccccc12.O=S(Cl)Cl.O=[C-]OO.OCn1nc2ccccc2c1Cl.[Ag+].[Ag]. The standard InChI is InChI=1S/C13H11ClN4OS.C8H6Cl2N2.C8H7ClN2O.C7H5ClN2.C5H6N2OS.C4H10O.CHO3.CH4O.2Ag.Cl2OS/c1-8-15-11(19)6-12(16-8)20-7-18-13(14)9-4-2-3-5-10(9)17-18;9-5-12-8(10)6-3-1-2-4-7(6)11-12;9-8-6-3-1-2-4-7(6)10-11(8)5-12;8-7-5-3-1-2-4-6(5)9-10-7;1-3-2-4(8)7-5(9)6-3;1-3-5-4-2;2-1-4-3;1-2;;;1-4(2)3/h2-6H,7H2,1H3,(H,15,16,19);1-4H,5H2;1-4,12H,5H2;1-4H,(H,9,10);2H,1H3,(H2,6,7,8,9);3-4H2,1-2H3;3H;2H,1H3;;;/q;;;;;;-1;;;+1;. The van der Waals surface area contributed by atoms with Crippen LogP contribution in [0.2, 0.25) is 20.6 Å². The number of alkyl halides is 1. The normalized spacial score (nSPS) is 9.70. The summed E-state index contributed by atoms with van der Waals surface area (Å²) in [5.41, 5.74) is 3.91. The predicted molar refractivity (Wildman–Crippen MR) is 315 cm³/mol. The molecule has 0 spiro atoms. The summed E-state index contributed by atoms with van der Waals surface area (Å²) < 4.78 is 18.9. The Labute approximate surface area is 534 Å². The average Bonchev–Trinajstić information content (AvgIpc) is 4.17. The number of aromatic nitrogens is 12. The number of fused-ring (bicyclic) bond motifs is 4. The van der Waals surface area contributed by atoms with Crippen LogP contribution in [0, 0.1) is 18.6 Å². The molecule has 10 rings (SSSR count). The van der Waals surface area contributed by atoms with Crippen LogP contribution in [0.25, 0.3) is 43.6 Å². The number of H-pyrrole nitrogens is 4. The van der Waals surface area contributed by atoms with Gasteiger partial charge in [0.05, 0.1) is 27.9 Å². The first-order chi connectivity index (χ1) is 37.4. The predicted octanol–water partition coefficient (Wildman–Crippen LogP) is 11.5. The zero-order valence-electron chi connectivity index (χ0n) is 42.3. The fourth-order valence-corrected chi connectivity index (χ4v) is 8.25. The first-order valence-electron chi connectivity index (χ1n) is 21.9. The molecule has 1 radical (unpaired) electrons. The Morgan fingerprint density at radius 2 is 1.11 bits per heavy atom. The Bertz CT molecular complexity index is 3480. The van der Waals surface area contributed by atoms with Crippen molar-refractivity contribution in [2.24, 2.45) is 0 Å². The van der Waals surface area contributed by atoms with Gasteiger partial charge in [-0.3, -0.25) is 19.7 Å². The third kappa shape index (κ3) is 27.0. The Balaban J connectivity index is 0.000000931. The molecule has 21 nitrogen and oxygen atoms in total. The van der Waals surface area contributed by atoms with E-state index < -0.39 is 9.23 Å². The van der Waals surface area contributed by atoms with E-state index in [1.807, 2.05) is 111 Å². The van der Waals surface area contributed by atoms with Crippen LogP contribution >= 0.6 is 103 Å². The third-order valence-corrected chi connectivity index (χ3v) is 11.7. The van der Waals surface area contributed by atoms with Crippen molar-refractivity contribution in [1.29, 1.82) is 0 Å². The van der Waals surface area contributed by atoms with Crippen molar-refractivity contribution >= 4 is 163 Å². The molecule has 0 aliphatic rings. The van der Waals surface area contributed by atoms with Gasteiger partial charge in [-0.05, 0) is 94.9 Å². The van der Waals surface area contributed by atoms with E-state index in [4.69, 9.17) is 87.2 Å². The van der Waals surface area contributed by atoms with Crippen LogP contribution in [0.15, 0.2) is 124 Å². The summed E-state index contributed by atoms with van der Waals surface area (Å²) in [4.78, 5) is 45.3. The van der Waals surface area contributed by atoms with Crippen molar-refractivity contribution in [1.82, 2.24) is 59.5 Å². The quantitative estimate of drug-likeness (QED) is 0.00856. The first-order valence-corrected chi connectivity index (χ1v) is 28.2. The summed E-state index contributed by atoms with van der Waals surface area (Å²) >= 11 is 35.6. The fourth-order valence-electron chi connectivity index (χ4n) is 5.88. The van der Waals surface area contributed by atoms with Gasteiger partial charge in [-0.15, -0.1) is 11.6 Å². The molecule has 0 fully saturated rings. The van der Waals surface area contributed by atoms with Crippen molar-refractivity contribution < 1.29 is 78.9 Å². The van der Waals surface area contributed by atoms with Gasteiger partial charge >= 0.3 is 22.4 Å². The van der Waals surface area contributed by atoms with E-state index in [2.05, 4.69) is 83.9 Å². The van der Waals surface area contributed by atoms with Crippen LogP contribution in [0.1, 0.15) is 25.4 Å². The maximum atomic E-state index is 11.4. The van der Waals surface area contributed by atoms with Gasteiger partial charge < -0.3 is 34.6 Å². The molecule has 6 aromatic heterocycles.